The Morgan fingerprint density at radius 1 is 0.738 bits per heavy atom. The largest absolute Gasteiger partial charge is 0.481 e. The molecule has 5 fully saturated rings. The van der Waals surface area contributed by atoms with E-state index < -0.39 is 120 Å². The molecule has 0 radical (unpaired) electrons. The van der Waals surface area contributed by atoms with Crippen molar-refractivity contribution in [2.45, 2.75) is 218 Å². The van der Waals surface area contributed by atoms with Crippen LogP contribution in [0.5, 0.6) is 0 Å². The van der Waals surface area contributed by atoms with Crippen LogP contribution in [0.15, 0.2) is 11.1 Å². The molecule has 7 aliphatic rings. The molecular formula is C48H80O17. The maximum absolute atomic E-state index is 13.9. The van der Waals surface area contributed by atoms with Crippen LogP contribution in [0.4, 0.5) is 0 Å². The fourth-order valence-corrected chi connectivity index (χ4v) is 13.8. The van der Waals surface area contributed by atoms with Crippen LogP contribution in [0.3, 0.4) is 0 Å². The Labute approximate surface area is 383 Å². The molecule has 0 aromatic carbocycles. The van der Waals surface area contributed by atoms with Crippen molar-refractivity contribution in [3.05, 3.63) is 11.1 Å². The van der Waals surface area contributed by atoms with Gasteiger partial charge in [0.1, 0.15) is 61.0 Å². The first kappa shape index (κ1) is 51.5. The molecule has 0 aromatic heterocycles. The van der Waals surface area contributed by atoms with Crippen molar-refractivity contribution in [1.82, 2.24) is 0 Å². The smallest absolute Gasteiger partial charge is 0.314 e. The second kappa shape index (κ2) is 18.4. The molecule has 65 heavy (non-hydrogen) atoms. The fourth-order valence-electron chi connectivity index (χ4n) is 13.8. The predicted octanol–water partition coefficient (Wildman–Crippen LogP) is 2.13. The minimum absolute atomic E-state index is 0.0585. The van der Waals surface area contributed by atoms with Gasteiger partial charge in [0.15, 0.2) is 18.9 Å². The number of carboxylic acid groups (broad SMARTS) is 1. The van der Waals surface area contributed by atoms with E-state index in [2.05, 4.69) is 55.4 Å². The first-order valence-corrected chi connectivity index (χ1v) is 24.1. The van der Waals surface area contributed by atoms with Gasteiger partial charge in [0.05, 0.1) is 36.9 Å². The van der Waals surface area contributed by atoms with Gasteiger partial charge in [0.2, 0.25) is 0 Å². The molecule has 17 nitrogen and oxygen atoms in total. The molecule has 3 aliphatic heterocycles. The molecule has 10 N–H and O–H groups in total. The van der Waals surface area contributed by atoms with Crippen molar-refractivity contribution in [2.24, 2.45) is 44.8 Å². The number of rotatable bonds is 12. The van der Waals surface area contributed by atoms with Crippen molar-refractivity contribution >= 4 is 5.97 Å². The summed E-state index contributed by atoms with van der Waals surface area (Å²) in [5.41, 5.74) is -1.08. The Balaban J connectivity index is 1.15. The van der Waals surface area contributed by atoms with Crippen molar-refractivity contribution in [3.63, 3.8) is 0 Å². The molecule has 0 spiro atoms. The number of aliphatic hydroxyl groups is 9. The average molecular weight is 929 g/mol. The summed E-state index contributed by atoms with van der Waals surface area (Å²) in [5.74, 6) is -0.253. The molecular weight excluding hydrogens is 849 g/mol. The van der Waals surface area contributed by atoms with Crippen LogP contribution in [0.2, 0.25) is 0 Å². The molecule has 0 bridgehead atoms. The van der Waals surface area contributed by atoms with Crippen molar-refractivity contribution in [3.8, 4) is 0 Å². The summed E-state index contributed by atoms with van der Waals surface area (Å²) in [5, 5.41) is 107. The van der Waals surface area contributed by atoms with E-state index in [-0.39, 0.29) is 41.8 Å². The first-order valence-electron chi connectivity index (χ1n) is 24.1. The van der Waals surface area contributed by atoms with Crippen molar-refractivity contribution in [1.29, 1.82) is 0 Å². The van der Waals surface area contributed by atoms with Gasteiger partial charge >= 0.3 is 5.97 Å². The van der Waals surface area contributed by atoms with E-state index >= 15 is 0 Å². The van der Waals surface area contributed by atoms with Gasteiger partial charge in [-0.2, -0.15) is 0 Å². The number of carbonyl (C=O) groups is 1. The molecule has 3 saturated heterocycles. The van der Waals surface area contributed by atoms with Gasteiger partial charge in [-0.25, -0.2) is 0 Å². The molecule has 2 saturated carbocycles. The summed E-state index contributed by atoms with van der Waals surface area (Å²) in [6.07, 6.45) is -13.7. The zero-order valence-corrected chi connectivity index (χ0v) is 39.8. The number of carboxylic acids is 1. The molecule has 0 amide bonds. The Kier molecular flexibility index (Phi) is 14.6. The average Bonchev–Trinajstić information content (AvgIpc) is 3.57. The highest BCUT2D eigenvalue weighted by Crippen LogP contribution is 2.73. The Hall–Kier alpha value is -1.39. The number of hydrogen-bond donors (Lipinski definition) is 10. The van der Waals surface area contributed by atoms with Crippen LogP contribution in [0.1, 0.15) is 127 Å². The summed E-state index contributed by atoms with van der Waals surface area (Å²) in [4.78, 5) is 13.9. The maximum Gasteiger partial charge on any atom is 0.314 e. The summed E-state index contributed by atoms with van der Waals surface area (Å²) in [6, 6.07) is 0. The van der Waals surface area contributed by atoms with Gasteiger partial charge in [0, 0.05) is 0 Å². The van der Waals surface area contributed by atoms with E-state index in [1.165, 1.54) is 5.57 Å². The van der Waals surface area contributed by atoms with E-state index in [4.69, 9.17) is 28.4 Å². The minimum Gasteiger partial charge on any atom is -0.481 e. The number of aliphatic carboxylic acids is 1. The quantitative estimate of drug-likeness (QED) is 0.126. The van der Waals surface area contributed by atoms with Crippen molar-refractivity contribution in [2.75, 3.05) is 19.8 Å². The van der Waals surface area contributed by atoms with Crippen LogP contribution in [-0.4, -0.2) is 168 Å². The lowest BCUT2D eigenvalue weighted by molar-refractivity contribution is -0.384. The molecule has 1 unspecified atom stereocenters. The third-order valence-corrected chi connectivity index (χ3v) is 18.5. The second-order valence-electron chi connectivity index (χ2n) is 23.2. The Morgan fingerprint density at radius 2 is 1.37 bits per heavy atom. The van der Waals surface area contributed by atoms with E-state index in [1.807, 2.05) is 6.92 Å². The highest BCUT2D eigenvalue weighted by atomic mass is 16.8. The first-order chi connectivity index (χ1) is 30.2. The second-order valence-corrected chi connectivity index (χ2v) is 23.2. The zero-order valence-electron chi connectivity index (χ0n) is 39.8. The third kappa shape index (κ3) is 8.59. The van der Waals surface area contributed by atoms with Gasteiger partial charge in [-0.15, -0.1) is 0 Å². The maximum atomic E-state index is 13.9. The van der Waals surface area contributed by atoms with Crippen molar-refractivity contribution < 1.29 is 84.3 Å². The molecule has 7 rings (SSSR count). The van der Waals surface area contributed by atoms with Gasteiger partial charge in [-0.05, 0) is 111 Å². The monoisotopic (exact) mass is 929 g/mol. The molecule has 0 aromatic rings. The van der Waals surface area contributed by atoms with Crippen LogP contribution < -0.4 is 0 Å². The highest BCUT2D eigenvalue weighted by molar-refractivity contribution is 5.82. The van der Waals surface area contributed by atoms with Crippen LogP contribution in [0, 0.1) is 44.8 Å². The summed E-state index contributed by atoms with van der Waals surface area (Å²) >= 11 is 0. The number of ether oxygens (including phenoxy) is 6. The van der Waals surface area contributed by atoms with Gasteiger partial charge in [-0.3, -0.25) is 4.79 Å². The fraction of sp³-hybridized carbons (Fsp3) is 0.938. The predicted molar refractivity (Wildman–Crippen MR) is 231 cm³/mol. The minimum atomic E-state index is -1.83. The topological polar surface area (TPSA) is 275 Å². The summed E-state index contributed by atoms with van der Waals surface area (Å²) in [6.45, 7) is 17.7. The normalized spacial score (nSPS) is 48.2. The SMILES string of the molecule is C[C@H](CCC(C)(O)C(C)(C)C)[C@H]1CC[C@@]2(C(=O)O)C3=C(CC[C@]12C)[C@@]1(C)CC[C@H](O[C@@H]2OC[C@H](O)[C@H](O[C@@H]4OC[C@@H](O)[C@H](O)[C@H]4O)[C@H]2O[C@@H]2O[C@H](CO)[C@H](O)[C@H](O)[C@H]2O)C(C)(C)[C@@H]1CC3. The van der Waals surface area contributed by atoms with Crippen LogP contribution in [0.25, 0.3) is 0 Å². The lowest BCUT2D eigenvalue weighted by atomic mass is 9.43. The Bertz CT molecular complexity index is 1730. The summed E-state index contributed by atoms with van der Waals surface area (Å²) in [7, 11) is 0. The van der Waals surface area contributed by atoms with Crippen LogP contribution in [-0.2, 0) is 33.2 Å². The molecule has 4 aliphatic carbocycles. The number of aliphatic hydroxyl groups excluding tert-OH is 8. The zero-order chi connectivity index (χ0) is 48.0. The number of allylic oxidation sites excluding steroid dienone is 1. The molecule has 374 valence electrons. The Morgan fingerprint density at radius 3 is 2.02 bits per heavy atom. The van der Waals surface area contributed by atoms with E-state index in [0.29, 0.717) is 32.1 Å². The molecule has 21 atom stereocenters. The van der Waals surface area contributed by atoms with E-state index in [1.54, 1.807) is 0 Å². The van der Waals surface area contributed by atoms with E-state index in [0.717, 1.165) is 37.7 Å². The lowest BCUT2D eigenvalue weighted by Gasteiger charge is -2.62. The van der Waals surface area contributed by atoms with E-state index in [9.17, 15) is 55.9 Å². The number of hydrogen-bond acceptors (Lipinski definition) is 16. The van der Waals surface area contributed by atoms with Crippen LogP contribution >= 0.6 is 0 Å². The molecule has 3 heterocycles. The standard InChI is InChI=1S/C48H80O17/c1-23(12-18-47(9,59)43(2,3)4)24-14-19-48(42(57)58)26-10-11-30-44(5,6)31(15-16-45(30,7)25(26)13-17-46(24,48)8)63-41-38(65-40-36(56)34(54)33(53)29(20-49)62-40)37(28(51)22-61-41)64-39-35(55)32(52)27(50)21-60-39/h23-24,27-41,49-56,59H,10-22H2,1-9H3,(H,57,58)/t23-,24-,27-,28+,29-,30+,31+,32+,33+,34+,35-,36-,37+,38-,39+,40+,41+,45-,46-,47?,48+/m1/s1. The van der Waals surface area contributed by atoms with Gasteiger partial charge in [-0.1, -0.05) is 66.5 Å². The third-order valence-electron chi connectivity index (χ3n) is 18.5. The lowest BCUT2D eigenvalue weighted by Crippen LogP contribution is -2.65. The van der Waals surface area contributed by atoms with Gasteiger partial charge < -0.3 is 79.5 Å². The summed E-state index contributed by atoms with van der Waals surface area (Å²) < 4.78 is 36.6. The molecule has 17 heteroatoms. The highest BCUT2D eigenvalue weighted by Gasteiger charge is 2.69. The number of fused-ring (bicyclic) bond motifs is 4. The van der Waals surface area contributed by atoms with Gasteiger partial charge in [0.25, 0.3) is 0 Å².